The van der Waals surface area contributed by atoms with E-state index in [-0.39, 0.29) is 0 Å². The van der Waals surface area contributed by atoms with Gasteiger partial charge in [-0.3, -0.25) is 4.68 Å². The quantitative estimate of drug-likeness (QED) is 0.754. The maximum atomic E-state index is 5.80. The smallest absolute Gasteiger partial charge is 0.104 e. The van der Waals surface area contributed by atoms with Crippen LogP contribution in [0.3, 0.4) is 0 Å². The van der Waals surface area contributed by atoms with Gasteiger partial charge in [0.2, 0.25) is 0 Å². The minimum absolute atomic E-state index is 0.438. The van der Waals surface area contributed by atoms with E-state index in [1.807, 2.05) is 23.7 Å². The number of hydrogen-bond donors (Lipinski definition) is 1. The fourth-order valence-corrected chi connectivity index (χ4v) is 2.93. The second-order valence-corrected chi connectivity index (χ2v) is 5.58. The van der Waals surface area contributed by atoms with Gasteiger partial charge in [-0.2, -0.15) is 5.10 Å². The summed E-state index contributed by atoms with van der Waals surface area (Å²) in [5.74, 6) is 0. The van der Waals surface area contributed by atoms with E-state index in [2.05, 4.69) is 41.0 Å². The summed E-state index contributed by atoms with van der Waals surface area (Å²) in [5.41, 5.74) is 10.1. The number of rotatable bonds is 4. The Hall–Kier alpha value is -2.14. The van der Waals surface area contributed by atoms with E-state index in [0.29, 0.717) is 4.99 Å². The monoisotopic (exact) mass is 298 g/mol. The van der Waals surface area contributed by atoms with E-state index in [0.717, 1.165) is 35.2 Å². The molecule has 0 unspecified atom stereocenters. The van der Waals surface area contributed by atoms with Crippen LogP contribution in [-0.4, -0.2) is 19.3 Å². The van der Waals surface area contributed by atoms with Gasteiger partial charge < -0.3 is 10.3 Å². The van der Waals surface area contributed by atoms with Crippen molar-refractivity contribution in [2.45, 2.75) is 26.9 Å². The van der Waals surface area contributed by atoms with Crippen molar-refractivity contribution in [2.24, 2.45) is 5.73 Å². The molecule has 0 saturated heterocycles. The first-order valence-electron chi connectivity index (χ1n) is 7.01. The Balaban J connectivity index is 2.05. The fourth-order valence-electron chi connectivity index (χ4n) is 2.75. The Morgan fingerprint density at radius 3 is 2.86 bits per heavy atom. The SMILES string of the molecule is CCn1nc(C)cc1Cn1ccc2c(C(N)=S)cccc21. The highest BCUT2D eigenvalue weighted by Crippen LogP contribution is 2.21. The van der Waals surface area contributed by atoms with E-state index in [1.165, 1.54) is 5.69 Å². The molecule has 5 heteroatoms. The van der Waals surface area contributed by atoms with Gasteiger partial charge in [-0.25, -0.2) is 0 Å². The minimum Gasteiger partial charge on any atom is -0.389 e. The standard InChI is InChI=1S/C16H18N4S/c1-3-20-12(9-11(2)18-20)10-19-8-7-13-14(16(17)21)5-4-6-15(13)19/h4-9H,3,10H2,1-2H3,(H2,17,21). The van der Waals surface area contributed by atoms with Crippen molar-refractivity contribution in [3.8, 4) is 0 Å². The number of fused-ring (bicyclic) bond motifs is 1. The molecule has 2 aromatic heterocycles. The lowest BCUT2D eigenvalue weighted by Gasteiger charge is -2.08. The van der Waals surface area contributed by atoms with Crippen LogP contribution in [0.2, 0.25) is 0 Å². The molecule has 108 valence electrons. The van der Waals surface area contributed by atoms with Crippen molar-refractivity contribution in [3.63, 3.8) is 0 Å². The molecule has 0 saturated carbocycles. The lowest BCUT2D eigenvalue weighted by atomic mass is 10.1. The summed E-state index contributed by atoms with van der Waals surface area (Å²) in [6, 6.07) is 10.3. The number of nitrogens with zero attached hydrogens (tertiary/aromatic N) is 3. The Bertz CT molecular complexity index is 813. The summed E-state index contributed by atoms with van der Waals surface area (Å²) < 4.78 is 4.25. The molecule has 2 N–H and O–H groups in total. The molecule has 1 aromatic carbocycles. The summed E-state index contributed by atoms with van der Waals surface area (Å²) in [5, 5.41) is 5.60. The number of thiocarbonyl (C=S) groups is 1. The van der Waals surface area contributed by atoms with Gasteiger partial charge in [0, 0.05) is 29.2 Å². The zero-order valence-electron chi connectivity index (χ0n) is 12.2. The minimum atomic E-state index is 0.438. The van der Waals surface area contributed by atoms with Crippen LogP contribution in [0.25, 0.3) is 10.9 Å². The number of aromatic nitrogens is 3. The number of nitrogens with two attached hydrogens (primary N) is 1. The molecule has 0 bridgehead atoms. The average molecular weight is 298 g/mol. The second-order valence-electron chi connectivity index (χ2n) is 5.14. The van der Waals surface area contributed by atoms with E-state index in [4.69, 9.17) is 18.0 Å². The Morgan fingerprint density at radius 1 is 1.33 bits per heavy atom. The summed E-state index contributed by atoms with van der Waals surface area (Å²) in [4.78, 5) is 0.438. The van der Waals surface area contributed by atoms with Crippen LogP contribution in [0.4, 0.5) is 0 Å². The van der Waals surface area contributed by atoms with E-state index >= 15 is 0 Å². The maximum Gasteiger partial charge on any atom is 0.104 e. The van der Waals surface area contributed by atoms with Gasteiger partial charge in [-0.15, -0.1) is 0 Å². The van der Waals surface area contributed by atoms with Crippen LogP contribution in [0.15, 0.2) is 36.5 Å². The van der Waals surface area contributed by atoms with Gasteiger partial charge in [0.1, 0.15) is 4.99 Å². The van der Waals surface area contributed by atoms with Crippen LogP contribution in [0.5, 0.6) is 0 Å². The molecule has 0 spiro atoms. The van der Waals surface area contributed by atoms with E-state index in [9.17, 15) is 0 Å². The molecule has 21 heavy (non-hydrogen) atoms. The Kier molecular flexibility index (Phi) is 3.51. The lowest BCUT2D eigenvalue weighted by molar-refractivity contribution is 0.602. The number of aryl methyl sites for hydroxylation is 2. The Morgan fingerprint density at radius 2 is 2.14 bits per heavy atom. The molecule has 0 aliphatic carbocycles. The fraction of sp³-hybridized carbons (Fsp3) is 0.250. The van der Waals surface area contributed by atoms with Crippen molar-refractivity contribution in [2.75, 3.05) is 0 Å². The predicted octanol–water partition coefficient (Wildman–Crippen LogP) is 2.85. The number of hydrogen-bond acceptors (Lipinski definition) is 2. The molecule has 0 aliphatic heterocycles. The summed E-state index contributed by atoms with van der Waals surface area (Å²) >= 11 is 5.13. The highest BCUT2D eigenvalue weighted by atomic mass is 32.1. The van der Waals surface area contributed by atoms with E-state index < -0.39 is 0 Å². The van der Waals surface area contributed by atoms with Crippen molar-refractivity contribution in [3.05, 3.63) is 53.5 Å². The van der Waals surface area contributed by atoms with Crippen molar-refractivity contribution < 1.29 is 0 Å². The summed E-state index contributed by atoms with van der Waals surface area (Å²) in [6.07, 6.45) is 2.08. The molecule has 3 rings (SSSR count). The Labute approximate surface area is 129 Å². The summed E-state index contributed by atoms with van der Waals surface area (Å²) in [6.45, 7) is 5.79. The zero-order chi connectivity index (χ0) is 15.0. The van der Waals surface area contributed by atoms with Crippen LogP contribution in [0.1, 0.15) is 23.9 Å². The zero-order valence-corrected chi connectivity index (χ0v) is 13.0. The van der Waals surface area contributed by atoms with Gasteiger partial charge in [-0.05, 0) is 32.0 Å². The largest absolute Gasteiger partial charge is 0.389 e. The maximum absolute atomic E-state index is 5.80. The van der Waals surface area contributed by atoms with Crippen LogP contribution in [-0.2, 0) is 13.1 Å². The molecule has 0 atom stereocenters. The van der Waals surface area contributed by atoms with Crippen LogP contribution in [0, 0.1) is 6.92 Å². The van der Waals surface area contributed by atoms with Crippen molar-refractivity contribution >= 4 is 28.1 Å². The highest BCUT2D eigenvalue weighted by molar-refractivity contribution is 7.80. The van der Waals surface area contributed by atoms with Gasteiger partial charge in [-0.1, -0.05) is 24.4 Å². The third kappa shape index (κ3) is 2.45. The average Bonchev–Trinajstić information content (AvgIpc) is 3.02. The van der Waals surface area contributed by atoms with Gasteiger partial charge >= 0.3 is 0 Å². The number of benzene rings is 1. The first-order valence-corrected chi connectivity index (χ1v) is 7.42. The molecular formula is C16H18N4S. The lowest BCUT2D eigenvalue weighted by Crippen LogP contribution is -2.10. The molecule has 0 aliphatic rings. The topological polar surface area (TPSA) is 48.8 Å². The van der Waals surface area contributed by atoms with Crippen molar-refractivity contribution in [1.29, 1.82) is 0 Å². The first-order chi connectivity index (χ1) is 10.1. The molecule has 3 aromatic rings. The predicted molar refractivity (Wildman–Crippen MR) is 89.6 cm³/mol. The van der Waals surface area contributed by atoms with Crippen LogP contribution < -0.4 is 5.73 Å². The molecular weight excluding hydrogens is 280 g/mol. The van der Waals surface area contributed by atoms with Gasteiger partial charge in [0.15, 0.2) is 0 Å². The van der Waals surface area contributed by atoms with Crippen LogP contribution >= 0.6 is 12.2 Å². The summed E-state index contributed by atoms with van der Waals surface area (Å²) in [7, 11) is 0. The first kappa shape index (κ1) is 13.8. The van der Waals surface area contributed by atoms with Crippen molar-refractivity contribution in [1.82, 2.24) is 14.3 Å². The van der Waals surface area contributed by atoms with E-state index in [1.54, 1.807) is 0 Å². The molecule has 0 fully saturated rings. The third-order valence-corrected chi connectivity index (χ3v) is 3.92. The highest BCUT2D eigenvalue weighted by Gasteiger charge is 2.10. The molecule has 4 nitrogen and oxygen atoms in total. The normalized spacial score (nSPS) is 11.1. The van der Waals surface area contributed by atoms with Gasteiger partial charge in [0.05, 0.1) is 17.9 Å². The van der Waals surface area contributed by atoms with Gasteiger partial charge in [0.25, 0.3) is 0 Å². The third-order valence-electron chi connectivity index (χ3n) is 3.70. The molecule has 2 heterocycles. The second kappa shape index (κ2) is 5.33. The molecule has 0 radical (unpaired) electrons. The molecule has 0 amide bonds.